The topological polar surface area (TPSA) is 75.2 Å². The van der Waals surface area contributed by atoms with Crippen molar-refractivity contribution in [2.24, 2.45) is 0 Å². The Labute approximate surface area is 157 Å². The zero-order valence-corrected chi connectivity index (χ0v) is 16.2. The summed E-state index contributed by atoms with van der Waals surface area (Å²) in [4.78, 5) is 3.02. The van der Waals surface area contributed by atoms with Crippen LogP contribution in [-0.2, 0) is 16.4 Å². The van der Waals surface area contributed by atoms with Crippen LogP contribution in [0.25, 0.3) is 0 Å². The predicted octanol–water partition coefficient (Wildman–Crippen LogP) is 4.06. The van der Waals surface area contributed by atoms with Crippen LogP contribution in [0.1, 0.15) is 18.7 Å². The molecule has 2 aromatic heterocycles. The van der Waals surface area contributed by atoms with E-state index in [0.717, 1.165) is 23.5 Å². The van der Waals surface area contributed by atoms with Gasteiger partial charge in [-0.15, -0.1) is 21.5 Å². The molecule has 2 heterocycles. The van der Waals surface area contributed by atoms with Crippen LogP contribution in [0.3, 0.4) is 0 Å². The van der Waals surface area contributed by atoms with Crippen molar-refractivity contribution in [1.29, 1.82) is 0 Å². The summed E-state index contributed by atoms with van der Waals surface area (Å²) in [5.74, 6) is 0.857. The number of nitrogens with one attached hydrogen (secondary N) is 1. The van der Waals surface area contributed by atoms with E-state index in [4.69, 9.17) is 0 Å². The molecule has 0 fully saturated rings. The molecule has 3 rings (SSSR count). The number of anilines is 3. The van der Waals surface area contributed by atoms with Gasteiger partial charge < -0.3 is 4.90 Å². The Morgan fingerprint density at radius 2 is 1.77 bits per heavy atom. The molecular formula is C18H20N4O2S2. The van der Waals surface area contributed by atoms with Gasteiger partial charge in [-0.25, -0.2) is 8.42 Å². The average Bonchev–Trinajstić information content (AvgIpc) is 3.15. The van der Waals surface area contributed by atoms with Crippen molar-refractivity contribution in [3.8, 4) is 0 Å². The number of sulfonamides is 1. The van der Waals surface area contributed by atoms with E-state index in [9.17, 15) is 8.42 Å². The van der Waals surface area contributed by atoms with Crippen LogP contribution in [0.4, 0.5) is 17.3 Å². The second-order valence-corrected chi connectivity index (χ2v) is 8.61. The summed E-state index contributed by atoms with van der Waals surface area (Å²) in [5.41, 5.74) is 1.00. The molecule has 6 nitrogen and oxygen atoms in total. The Kier molecular flexibility index (Phi) is 5.53. The third-order valence-corrected chi connectivity index (χ3v) is 6.88. The number of hydrogen-bond acceptors (Lipinski definition) is 6. The summed E-state index contributed by atoms with van der Waals surface area (Å²) >= 11 is 1.26. The average molecular weight is 389 g/mol. The highest BCUT2D eigenvalue weighted by molar-refractivity contribution is 7.94. The Hall–Kier alpha value is -2.45. The summed E-state index contributed by atoms with van der Waals surface area (Å²) < 4.78 is 27.7. The van der Waals surface area contributed by atoms with E-state index in [1.807, 2.05) is 55.1 Å². The first-order chi connectivity index (χ1) is 12.5. The molecule has 0 aliphatic heterocycles. The van der Waals surface area contributed by atoms with Crippen LogP contribution in [-0.4, -0.2) is 25.2 Å². The lowest BCUT2D eigenvalue weighted by atomic mass is 10.3. The van der Waals surface area contributed by atoms with Gasteiger partial charge in [0.1, 0.15) is 4.21 Å². The van der Waals surface area contributed by atoms with Crippen LogP contribution < -0.4 is 9.62 Å². The number of thiophene rings is 1. The number of hydrogen-bond donors (Lipinski definition) is 1. The van der Waals surface area contributed by atoms with E-state index >= 15 is 0 Å². The molecule has 0 bridgehead atoms. The molecule has 1 aromatic carbocycles. The van der Waals surface area contributed by atoms with Gasteiger partial charge in [-0.05, 0) is 49.7 Å². The fourth-order valence-corrected chi connectivity index (χ4v) is 4.78. The van der Waals surface area contributed by atoms with Gasteiger partial charge in [0.2, 0.25) is 0 Å². The van der Waals surface area contributed by atoms with Gasteiger partial charge >= 0.3 is 0 Å². The van der Waals surface area contributed by atoms with E-state index in [2.05, 4.69) is 14.9 Å². The Morgan fingerprint density at radius 1 is 1.00 bits per heavy atom. The first-order valence-electron chi connectivity index (χ1n) is 8.31. The van der Waals surface area contributed by atoms with E-state index in [1.54, 1.807) is 18.2 Å². The third kappa shape index (κ3) is 4.03. The largest absolute Gasteiger partial charge is 0.325 e. The highest BCUT2D eigenvalue weighted by Gasteiger charge is 2.18. The molecule has 0 saturated carbocycles. The lowest BCUT2D eigenvalue weighted by Gasteiger charge is -2.21. The Bertz CT molecular complexity index is 954. The summed E-state index contributed by atoms with van der Waals surface area (Å²) in [5, 5.41) is 8.21. The van der Waals surface area contributed by atoms with E-state index < -0.39 is 10.0 Å². The zero-order valence-electron chi connectivity index (χ0n) is 14.6. The molecule has 0 atom stereocenters. The molecule has 0 amide bonds. The molecule has 0 saturated heterocycles. The molecule has 0 aliphatic carbocycles. The van der Waals surface area contributed by atoms with Crippen molar-refractivity contribution in [2.45, 2.75) is 24.5 Å². The van der Waals surface area contributed by atoms with E-state index in [1.165, 1.54) is 11.3 Å². The zero-order chi connectivity index (χ0) is 18.6. The second-order valence-electron chi connectivity index (χ2n) is 5.54. The molecular weight excluding hydrogens is 368 g/mol. The van der Waals surface area contributed by atoms with Gasteiger partial charge in [-0.1, -0.05) is 25.1 Å². The number of benzene rings is 1. The maximum atomic E-state index is 12.4. The van der Waals surface area contributed by atoms with Crippen LogP contribution in [0, 0.1) is 0 Å². The molecule has 0 spiro atoms. The lowest BCUT2D eigenvalue weighted by molar-refractivity contribution is 0.603. The van der Waals surface area contributed by atoms with Crippen molar-refractivity contribution in [3.05, 3.63) is 59.5 Å². The fraction of sp³-hybridized carbons (Fsp3) is 0.222. The Balaban J connectivity index is 1.79. The molecule has 0 unspecified atom stereocenters. The first kappa shape index (κ1) is 18.3. The number of para-hydroxylation sites is 1. The smallest absolute Gasteiger partial charge is 0.272 e. The first-order valence-corrected chi connectivity index (χ1v) is 10.6. The van der Waals surface area contributed by atoms with E-state index in [0.29, 0.717) is 5.82 Å². The van der Waals surface area contributed by atoms with Gasteiger partial charge in [0, 0.05) is 17.1 Å². The molecule has 0 aliphatic rings. The van der Waals surface area contributed by atoms with Gasteiger partial charge in [0.05, 0.1) is 0 Å². The van der Waals surface area contributed by atoms with E-state index in [-0.39, 0.29) is 10.0 Å². The number of aromatic nitrogens is 2. The minimum absolute atomic E-state index is 0.198. The number of aryl methyl sites for hydroxylation is 1. The second kappa shape index (κ2) is 7.84. The van der Waals surface area contributed by atoms with Crippen LogP contribution >= 0.6 is 11.3 Å². The highest BCUT2D eigenvalue weighted by Crippen LogP contribution is 2.25. The van der Waals surface area contributed by atoms with Crippen molar-refractivity contribution in [3.63, 3.8) is 0 Å². The summed E-state index contributed by atoms with van der Waals surface area (Å²) in [6.07, 6.45) is 0.807. The van der Waals surface area contributed by atoms with Crippen LogP contribution in [0.2, 0.25) is 0 Å². The minimum atomic E-state index is -3.64. The summed E-state index contributed by atoms with van der Waals surface area (Å²) in [6.45, 7) is 4.73. The van der Waals surface area contributed by atoms with Gasteiger partial charge in [-0.2, -0.15) is 0 Å². The molecule has 3 aromatic rings. The molecule has 1 N–H and O–H groups in total. The minimum Gasteiger partial charge on any atom is -0.325 e. The molecule has 8 heteroatoms. The maximum Gasteiger partial charge on any atom is 0.272 e. The Morgan fingerprint density at radius 3 is 2.35 bits per heavy atom. The quantitative estimate of drug-likeness (QED) is 0.661. The lowest BCUT2D eigenvalue weighted by Crippen LogP contribution is -2.18. The number of rotatable bonds is 7. The van der Waals surface area contributed by atoms with Gasteiger partial charge in [-0.3, -0.25) is 4.72 Å². The third-order valence-electron chi connectivity index (χ3n) is 3.80. The van der Waals surface area contributed by atoms with Gasteiger partial charge in [0.15, 0.2) is 11.6 Å². The van der Waals surface area contributed by atoms with Crippen molar-refractivity contribution in [2.75, 3.05) is 16.2 Å². The highest BCUT2D eigenvalue weighted by atomic mass is 32.2. The van der Waals surface area contributed by atoms with Crippen LogP contribution in [0.5, 0.6) is 0 Å². The summed E-state index contributed by atoms with van der Waals surface area (Å²) in [6, 6.07) is 16.7. The van der Waals surface area contributed by atoms with Crippen molar-refractivity contribution in [1.82, 2.24) is 10.2 Å². The maximum absolute atomic E-state index is 12.4. The molecule has 136 valence electrons. The fourth-order valence-electron chi connectivity index (χ4n) is 2.49. The van der Waals surface area contributed by atoms with Crippen LogP contribution in [0.15, 0.2) is 58.8 Å². The van der Waals surface area contributed by atoms with Gasteiger partial charge in [0.25, 0.3) is 10.0 Å². The normalized spacial score (nSPS) is 11.3. The summed E-state index contributed by atoms with van der Waals surface area (Å²) in [7, 11) is -3.64. The SMILES string of the molecule is CCc1ccc(S(=O)(=O)Nc2ccc(N(CC)c3ccccc3)nn2)s1. The monoisotopic (exact) mass is 388 g/mol. The van der Waals surface area contributed by atoms with Crippen molar-refractivity contribution < 1.29 is 8.42 Å². The molecule has 0 radical (unpaired) electrons. The van der Waals surface area contributed by atoms with Crippen molar-refractivity contribution >= 4 is 38.7 Å². The standard InChI is InChI=1S/C18H20N4O2S2/c1-3-15-10-13-18(25-15)26(23,24)21-16-11-12-17(20-19-16)22(4-2)14-8-6-5-7-9-14/h5-13H,3-4H2,1-2H3,(H,19,21). The molecule has 26 heavy (non-hydrogen) atoms. The predicted molar refractivity (Wildman–Crippen MR) is 106 cm³/mol. The number of nitrogens with zero attached hydrogens (tertiary/aromatic N) is 3.